The minimum Gasteiger partial charge on any atom is -0.443 e. The van der Waals surface area contributed by atoms with E-state index in [9.17, 15) is 4.39 Å². The number of nitrogens with zero attached hydrogens (tertiary/aromatic N) is 1. The van der Waals surface area contributed by atoms with Crippen LogP contribution in [0.4, 0.5) is 4.39 Å². The van der Waals surface area contributed by atoms with Crippen molar-refractivity contribution in [2.45, 2.75) is 26.4 Å². The Bertz CT molecular complexity index is 540. The summed E-state index contributed by atoms with van der Waals surface area (Å²) in [4.78, 5) is 4.12. The van der Waals surface area contributed by atoms with Gasteiger partial charge in [-0.25, -0.2) is 9.37 Å². The molecule has 2 aromatic rings. The lowest BCUT2D eigenvalue weighted by Gasteiger charge is -2.07. The van der Waals surface area contributed by atoms with Crippen molar-refractivity contribution in [3.63, 3.8) is 0 Å². The summed E-state index contributed by atoms with van der Waals surface area (Å²) in [5.41, 5.74) is 1.13. The maximum atomic E-state index is 13.8. The van der Waals surface area contributed by atoms with E-state index in [1.807, 2.05) is 13.8 Å². The molecule has 0 fully saturated rings. The molecule has 0 aliphatic carbocycles. The zero-order valence-corrected chi connectivity index (χ0v) is 11.8. The number of hydrogen-bond donors (Lipinski definition) is 1. The Balaban J connectivity index is 2.33. The molecule has 0 saturated carbocycles. The molecule has 0 spiro atoms. The number of rotatable bonds is 4. The first-order valence-electron chi connectivity index (χ1n) is 5.69. The molecule has 0 aliphatic heterocycles. The van der Waals surface area contributed by atoms with E-state index in [-0.39, 0.29) is 5.82 Å². The van der Waals surface area contributed by atoms with Crippen LogP contribution in [0.2, 0.25) is 0 Å². The highest BCUT2D eigenvalue weighted by Crippen LogP contribution is 2.28. The third kappa shape index (κ3) is 2.97. The van der Waals surface area contributed by atoms with E-state index in [0.717, 1.165) is 4.47 Å². The highest BCUT2D eigenvalue weighted by Gasteiger charge is 2.15. The van der Waals surface area contributed by atoms with Crippen LogP contribution in [0.15, 0.2) is 33.5 Å². The second kappa shape index (κ2) is 5.63. The molecule has 5 heteroatoms. The van der Waals surface area contributed by atoms with E-state index in [1.54, 1.807) is 12.1 Å². The smallest absolute Gasteiger partial charge is 0.181 e. The largest absolute Gasteiger partial charge is 0.443 e. The van der Waals surface area contributed by atoms with Gasteiger partial charge in [-0.3, -0.25) is 0 Å². The van der Waals surface area contributed by atoms with Crippen molar-refractivity contribution in [2.75, 3.05) is 0 Å². The molecule has 1 aromatic carbocycles. The minimum atomic E-state index is -0.319. The van der Waals surface area contributed by atoms with Gasteiger partial charge in [0.05, 0.1) is 5.56 Å². The van der Waals surface area contributed by atoms with Crippen molar-refractivity contribution >= 4 is 15.9 Å². The Kier molecular flexibility index (Phi) is 4.14. The average molecular weight is 313 g/mol. The highest BCUT2D eigenvalue weighted by atomic mass is 79.9. The fourth-order valence-electron chi connectivity index (χ4n) is 1.59. The van der Waals surface area contributed by atoms with Gasteiger partial charge in [0.2, 0.25) is 0 Å². The summed E-state index contributed by atoms with van der Waals surface area (Å²) in [5.74, 6) is 0.155. The molecule has 1 heterocycles. The topological polar surface area (TPSA) is 38.1 Å². The summed E-state index contributed by atoms with van der Waals surface area (Å²) < 4.78 is 19.9. The first-order chi connectivity index (χ1) is 8.58. The van der Waals surface area contributed by atoms with Crippen molar-refractivity contribution in [2.24, 2.45) is 0 Å². The van der Waals surface area contributed by atoms with Crippen LogP contribution in [0.25, 0.3) is 11.3 Å². The maximum Gasteiger partial charge on any atom is 0.181 e. The predicted molar refractivity (Wildman–Crippen MR) is 71.6 cm³/mol. The van der Waals surface area contributed by atoms with E-state index in [1.165, 1.54) is 12.5 Å². The summed E-state index contributed by atoms with van der Waals surface area (Å²) in [7, 11) is 0. The summed E-state index contributed by atoms with van der Waals surface area (Å²) in [6.07, 6.45) is 1.34. The highest BCUT2D eigenvalue weighted by molar-refractivity contribution is 9.10. The Morgan fingerprint density at radius 2 is 2.22 bits per heavy atom. The monoisotopic (exact) mass is 312 g/mol. The molecule has 0 saturated heterocycles. The summed E-state index contributed by atoms with van der Waals surface area (Å²) in [6, 6.07) is 5.08. The summed E-state index contributed by atoms with van der Waals surface area (Å²) in [5, 5.41) is 3.24. The Morgan fingerprint density at radius 3 is 2.94 bits per heavy atom. The SMILES string of the molecule is CC(C)NCc1ncoc1-c1cc(Br)ccc1F. The van der Waals surface area contributed by atoms with E-state index < -0.39 is 0 Å². The van der Waals surface area contributed by atoms with Gasteiger partial charge in [0.25, 0.3) is 0 Å². The van der Waals surface area contributed by atoms with Gasteiger partial charge in [0, 0.05) is 17.1 Å². The van der Waals surface area contributed by atoms with E-state index >= 15 is 0 Å². The fraction of sp³-hybridized carbons (Fsp3) is 0.308. The van der Waals surface area contributed by atoms with Crippen LogP contribution in [0.1, 0.15) is 19.5 Å². The molecule has 0 amide bonds. The Labute approximate surface area is 114 Å². The Morgan fingerprint density at radius 1 is 1.44 bits per heavy atom. The zero-order valence-electron chi connectivity index (χ0n) is 10.2. The second-order valence-corrected chi connectivity index (χ2v) is 5.20. The van der Waals surface area contributed by atoms with Crippen molar-refractivity contribution in [3.05, 3.63) is 40.6 Å². The van der Waals surface area contributed by atoms with Crippen molar-refractivity contribution < 1.29 is 8.81 Å². The number of aromatic nitrogens is 1. The molecule has 0 unspecified atom stereocenters. The molecule has 3 nitrogen and oxygen atoms in total. The lowest BCUT2D eigenvalue weighted by molar-refractivity contribution is 0.554. The number of halogens is 2. The van der Waals surface area contributed by atoms with Gasteiger partial charge in [0.1, 0.15) is 11.5 Å². The van der Waals surface area contributed by atoms with Gasteiger partial charge >= 0.3 is 0 Å². The van der Waals surface area contributed by atoms with E-state index in [2.05, 4.69) is 26.2 Å². The van der Waals surface area contributed by atoms with Crippen molar-refractivity contribution in [1.82, 2.24) is 10.3 Å². The number of oxazole rings is 1. The van der Waals surface area contributed by atoms with E-state index in [4.69, 9.17) is 4.42 Å². The molecule has 0 aliphatic rings. The Hall–Kier alpha value is -1.20. The second-order valence-electron chi connectivity index (χ2n) is 4.29. The molecule has 1 N–H and O–H groups in total. The molecule has 2 rings (SSSR count). The van der Waals surface area contributed by atoms with Gasteiger partial charge in [0.15, 0.2) is 12.2 Å². The lowest BCUT2D eigenvalue weighted by Crippen LogP contribution is -2.22. The van der Waals surface area contributed by atoms with Gasteiger partial charge in [-0.1, -0.05) is 29.8 Å². The third-order valence-corrected chi connectivity index (χ3v) is 2.99. The van der Waals surface area contributed by atoms with Gasteiger partial charge in [-0.2, -0.15) is 0 Å². The predicted octanol–water partition coefficient (Wildman–Crippen LogP) is 3.74. The molecule has 0 atom stereocenters. The molecule has 1 aromatic heterocycles. The summed E-state index contributed by atoms with van der Waals surface area (Å²) >= 11 is 3.32. The van der Waals surface area contributed by atoms with E-state index in [0.29, 0.717) is 29.6 Å². The quantitative estimate of drug-likeness (QED) is 0.934. The van der Waals surface area contributed by atoms with Crippen molar-refractivity contribution in [3.8, 4) is 11.3 Å². The molecule has 96 valence electrons. The normalized spacial score (nSPS) is 11.2. The average Bonchev–Trinajstić information content (AvgIpc) is 2.77. The van der Waals surface area contributed by atoms with Crippen LogP contribution in [0.5, 0.6) is 0 Å². The first kappa shape index (κ1) is 13.2. The zero-order chi connectivity index (χ0) is 13.1. The molecular weight excluding hydrogens is 299 g/mol. The van der Waals surface area contributed by atoms with Gasteiger partial charge < -0.3 is 9.73 Å². The molecule has 0 radical (unpaired) electrons. The number of hydrogen-bond acceptors (Lipinski definition) is 3. The first-order valence-corrected chi connectivity index (χ1v) is 6.48. The maximum absolute atomic E-state index is 13.8. The van der Waals surface area contributed by atoms with Crippen LogP contribution in [-0.2, 0) is 6.54 Å². The minimum absolute atomic E-state index is 0.319. The van der Waals surface area contributed by atoms with Crippen LogP contribution >= 0.6 is 15.9 Å². The van der Waals surface area contributed by atoms with Crippen LogP contribution < -0.4 is 5.32 Å². The molecule has 0 bridgehead atoms. The summed E-state index contributed by atoms with van der Waals surface area (Å²) in [6.45, 7) is 4.63. The van der Waals surface area contributed by atoms with Gasteiger partial charge in [-0.05, 0) is 18.2 Å². The lowest BCUT2D eigenvalue weighted by atomic mass is 10.1. The van der Waals surface area contributed by atoms with Crippen LogP contribution in [0, 0.1) is 5.82 Å². The number of nitrogens with one attached hydrogen (secondary N) is 1. The number of benzene rings is 1. The van der Waals surface area contributed by atoms with Crippen LogP contribution in [0.3, 0.4) is 0 Å². The third-order valence-electron chi connectivity index (χ3n) is 2.49. The van der Waals surface area contributed by atoms with Crippen LogP contribution in [-0.4, -0.2) is 11.0 Å². The van der Waals surface area contributed by atoms with Crippen molar-refractivity contribution in [1.29, 1.82) is 0 Å². The molecule has 18 heavy (non-hydrogen) atoms. The fourth-order valence-corrected chi connectivity index (χ4v) is 1.95. The van der Waals surface area contributed by atoms with Gasteiger partial charge in [-0.15, -0.1) is 0 Å². The standard InChI is InChI=1S/C13H14BrFN2O/c1-8(2)16-6-12-13(18-7-17-12)10-5-9(14)3-4-11(10)15/h3-5,7-8,16H,6H2,1-2H3. The molecular formula is C13H14BrFN2O.